The highest BCUT2D eigenvalue weighted by molar-refractivity contribution is 7.05. The summed E-state index contributed by atoms with van der Waals surface area (Å²) in [5.41, 5.74) is 7.05. The van der Waals surface area contributed by atoms with Crippen LogP contribution in [-0.4, -0.2) is 19.4 Å². The number of hydrogen-bond acceptors (Lipinski definition) is 5. The van der Waals surface area contributed by atoms with Gasteiger partial charge in [-0.3, -0.25) is 4.68 Å². The summed E-state index contributed by atoms with van der Waals surface area (Å²) in [6.07, 6.45) is 3.45. The summed E-state index contributed by atoms with van der Waals surface area (Å²) < 4.78 is 5.67. The molecule has 2 rings (SSSR count). The Morgan fingerprint density at radius 3 is 3.14 bits per heavy atom. The SMILES string of the molecule is CCn1nccc1C(N)c1cnns1. The average molecular weight is 209 g/mol. The lowest BCUT2D eigenvalue weighted by atomic mass is 10.2. The number of aromatic nitrogens is 4. The highest BCUT2D eigenvalue weighted by Gasteiger charge is 2.14. The summed E-state index contributed by atoms with van der Waals surface area (Å²) in [5, 5.41) is 7.93. The summed E-state index contributed by atoms with van der Waals surface area (Å²) in [6, 6.07) is 1.76. The highest BCUT2D eigenvalue weighted by atomic mass is 32.1. The summed E-state index contributed by atoms with van der Waals surface area (Å²) in [4.78, 5) is 0.959. The van der Waals surface area contributed by atoms with Gasteiger partial charge in [0.05, 0.1) is 22.8 Å². The summed E-state index contributed by atoms with van der Waals surface area (Å²) >= 11 is 1.32. The molecule has 0 aliphatic carbocycles. The number of nitrogens with zero attached hydrogens (tertiary/aromatic N) is 4. The Hall–Kier alpha value is -1.27. The van der Waals surface area contributed by atoms with Gasteiger partial charge in [0.1, 0.15) is 0 Å². The van der Waals surface area contributed by atoms with Gasteiger partial charge in [-0.25, -0.2) is 0 Å². The molecular formula is C8H11N5S. The van der Waals surface area contributed by atoms with Gasteiger partial charge in [-0.15, -0.1) is 5.10 Å². The quantitative estimate of drug-likeness (QED) is 0.811. The minimum Gasteiger partial charge on any atom is -0.318 e. The Morgan fingerprint density at radius 1 is 1.64 bits per heavy atom. The van der Waals surface area contributed by atoms with Gasteiger partial charge in [-0.2, -0.15) is 5.10 Å². The third kappa shape index (κ3) is 1.53. The first-order chi connectivity index (χ1) is 6.83. The standard InChI is InChI=1S/C8H11N5S/c1-2-13-6(3-4-11-13)8(9)7-5-10-12-14-7/h3-5,8H,2,9H2,1H3. The summed E-state index contributed by atoms with van der Waals surface area (Å²) in [7, 11) is 0. The second-order valence-electron chi connectivity index (χ2n) is 2.87. The molecule has 2 aromatic heterocycles. The van der Waals surface area contributed by atoms with Crippen molar-refractivity contribution in [2.45, 2.75) is 19.5 Å². The summed E-state index contributed by atoms with van der Waals surface area (Å²) in [6.45, 7) is 2.86. The second kappa shape index (κ2) is 3.85. The molecule has 0 amide bonds. The molecule has 6 heteroatoms. The largest absolute Gasteiger partial charge is 0.318 e. The Labute approximate surface area is 85.7 Å². The van der Waals surface area contributed by atoms with Crippen LogP contribution in [0.4, 0.5) is 0 Å². The van der Waals surface area contributed by atoms with Crippen LogP contribution in [0.2, 0.25) is 0 Å². The summed E-state index contributed by atoms with van der Waals surface area (Å²) in [5.74, 6) is 0. The third-order valence-corrected chi connectivity index (χ3v) is 2.80. The lowest BCUT2D eigenvalue weighted by molar-refractivity contribution is 0.603. The van der Waals surface area contributed by atoms with Crippen molar-refractivity contribution >= 4 is 11.5 Å². The molecule has 0 bridgehead atoms. The van der Waals surface area contributed by atoms with Crippen molar-refractivity contribution in [2.24, 2.45) is 5.73 Å². The van der Waals surface area contributed by atoms with Crippen LogP contribution in [0.15, 0.2) is 18.5 Å². The van der Waals surface area contributed by atoms with E-state index in [2.05, 4.69) is 14.7 Å². The van der Waals surface area contributed by atoms with E-state index < -0.39 is 0 Å². The number of hydrogen-bond donors (Lipinski definition) is 1. The van der Waals surface area contributed by atoms with Gasteiger partial charge in [-0.05, 0) is 24.5 Å². The molecule has 2 N–H and O–H groups in total. The van der Waals surface area contributed by atoms with Gasteiger partial charge in [0, 0.05) is 12.7 Å². The fourth-order valence-electron chi connectivity index (χ4n) is 1.33. The van der Waals surface area contributed by atoms with Crippen molar-refractivity contribution in [3.63, 3.8) is 0 Å². The fourth-order valence-corrected chi connectivity index (χ4v) is 1.85. The maximum Gasteiger partial charge on any atom is 0.0849 e. The van der Waals surface area contributed by atoms with Crippen LogP contribution in [0.5, 0.6) is 0 Å². The van der Waals surface area contributed by atoms with Crippen molar-refractivity contribution in [2.75, 3.05) is 0 Å². The lowest BCUT2D eigenvalue weighted by Crippen LogP contribution is -2.16. The molecule has 2 heterocycles. The van der Waals surface area contributed by atoms with Crippen molar-refractivity contribution in [3.8, 4) is 0 Å². The molecular weight excluding hydrogens is 198 g/mol. The van der Waals surface area contributed by atoms with Crippen LogP contribution in [0.25, 0.3) is 0 Å². The molecule has 0 saturated carbocycles. The Balaban J connectivity index is 2.31. The molecule has 1 unspecified atom stereocenters. The maximum absolute atomic E-state index is 6.05. The Morgan fingerprint density at radius 2 is 2.50 bits per heavy atom. The number of rotatable bonds is 3. The molecule has 0 aromatic carbocycles. The van der Waals surface area contributed by atoms with Crippen LogP contribution in [0.3, 0.4) is 0 Å². The number of nitrogens with two attached hydrogens (primary N) is 1. The van der Waals surface area contributed by atoms with Gasteiger partial charge < -0.3 is 5.73 Å². The first-order valence-electron chi connectivity index (χ1n) is 4.37. The minimum absolute atomic E-state index is 0.169. The monoisotopic (exact) mass is 209 g/mol. The van der Waals surface area contributed by atoms with Crippen LogP contribution < -0.4 is 5.73 Å². The highest BCUT2D eigenvalue weighted by Crippen LogP contribution is 2.20. The van der Waals surface area contributed by atoms with E-state index in [1.165, 1.54) is 11.5 Å². The minimum atomic E-state index is -0.169. The fraction of sp³-hybridized carbons (Fsp3) is 0.375. The van der Waals surface area contributed by atoms with Crippen molar-refractivity contribution < 1.29 is 0 Å². The molecule has 5 nitrogen and oxygen atoms in total. The lowest BCUT2D eigenvalue weighted by Gasteiger charge is -2.10. The molecule has 0 spiro atoms. The molecule has 2 aromatic rings. The van der Waals surface area contributed by atoms with E-state index in [1.807, 2.05) is 17.7 Å². The first-order valence-corrected chi connectivity index (χ1v) is 5.14. The van der Waals surface area contributed by atoms with Crippen molar-refractivity contribution in [3.05, 3.63) is 29.0 Å². The second-order valence-corrected chi connectivity index (χ2v) is 3.69. The van der Waals surface area contributed by atoms with Crippen molar-refractivity contribution in [1.82, 2.24) is 19.4 Å². The van der Waals surface area contributed by atoms with Gasteiger partial charge in [-0.1, -0.05) is 4.49 Å². The first kappa shape index (κ1) is 9.29. The molecule has 74 valence electrons. The maximum atomic E-state index is 6.05. The van der Waals surface area contributed by atoms with E-state index in [9.17, 15) is 0 Å². The van der Waals surface area contributed by atoms with Crippen LogP contribution in [0, 0.1) is 0 Å². The predicted molar refractivity (Wildman–Crippen MR) is 53.8 cm³/mol. The smallest absolute Gasteiger partial charge is 0.0849 e. The average Bonchev–Trinajstić information content (AvgIpc) is 2.87. The zero-order chi connectivity index (χ0) is 9.97. The third-order valence-electron chi connectivity index (χ3n) is 2.05. The zero-order valence-corrected chi connectivity index (χ0v) is 8.61. The van der Waals surface area contributed by atoms with E-state index in [4.69, 9.17) is 5.73 Å². The van der Waals surface area contributed by atoms with Crippen molar-refractivity contribution in [1.29, 1.82) is 0 Å². The van der Waals surface area contributed by atoms with Crippen LogP contribution in [-0.2, 0) is 6.54 Å². The van der Waals surface area contributed by atoms with Gasteiger partial charge in [0.15, 0.2) is 0 Å². The van der Waals surface area contributed by atoms with Gasteiger partial charge >= 0.3 is 0 Å². The number of aryl methyl sites for hydroxylation is 1. The molecule has 0 saturated heterocycles. The zero-order valence-electron chi connectivity index (χ0n) is 7.79. The van der Waals surface area contributed by atoms with E-state index in [1.54, 1.807) is 12.4 Å². The van der Waals surface area contributed by atoms with E-state index >= 15 is 0 Å². The molecule has 1 atom stereocenters. The van der Waals surface area contributed by atoms with E-state index in [0.717, 1.165) is 17.1 Å². The van der Waals surface area contributed by atoms with Crippen LogP contribution in [0.1, 0.15) is 23.5 Å². The van der Waals surface area contributed by atoms with E-state index in [0.29, 0.717) is 0 Å². The topological polar surface area (TPSA) is 69.6 Å². The normalized spacial score (nSPS) is 13.0. The van der Waals surface area contributed by atoms with E-state index in [-0.39, 0.29) is 6.04 Å². The molecule has 14 heavy (non-hydrogen) atoms. The molecule has 0 aliphatic heterocycles. The van der Waals surface area contributed by atoms with Gasteiger partial charge in [0.25, 0.3) is 0 Å². The van der Waals surface area contributed by atoms with Gasteiger partial charge in [0.2, 0.25) is 0 Å². The molecule has 0 radical (unpaired) electrons. The van der Waals surface area contributed by atoms with Crippen LogP contribution >= 0.6 is 11.5 Å². The molecule has 0 aliphatic rings. The Bertz CT molecular complexity index is 394. The Kier molecular flexibility index (Phi) is 2.55. The molecule has 0 fully saturated rings. The predicted octanol–water partition coefficient (Wildman–Crippen LogP) is 0.803.